The third-order valence-electron chi connectivity index (χ3n) is 4.94. The van der Waals surface area contributed by atoms with Gasteiger partial charge in [0.2, 0.25) is 5.91 Å². The fourth-order valence-corrected chi connectivity index (χ4v) is 3.55. The van der Waals surface area contributed by atoms with Crippen molar-refractivity contribution < 1.29 is 9.59 Å². The third-order valence-corrected chi connectivity index (χ3v) is 4.94. The minimum absolute atomic E-state index is 0.0493. The molecule has 0 unspecified atom stereocenters. The fourth-order valence-electron chi connectivity index (χ4n) is 3.55. The van der Waals surface area contributed by atoms with E-state index >= 15 is 0 Å². The Kier molecular flexibility index (Phi) is 5.44. The van der Waals surface area contributed by atoms with Crippen molar-refractivity contribution in [2.45, 2.75) is 27.7 Å². The van der Waals surface area contributed by atoms with Gasteiger partial charge in [-0.3, -0.25) is 14.6 Å². The molecule has 0 aliphatic carbocycles. The number of amides is 2. The van der Waals surface area contributed by atoms with Gasteiger partial charge in [0.05, 0.1) is 17.4 Å². The van der Waals surface area contributed by atoms with E-state index < -0.39 is 0 Å². The van der Waals surface area contributed by atoms with Crippen LogP contribution in [0.25, 0.3) is 0 Å². The number of carbonyl (C=O) groups is 2. The number of hydrogen-bond donors (Lipinski definition) is 1. The van der Waals surface area contributed by atoms with Crippen LogP contribution in [0, 0.1) is 20.8 Å². The van der Waals surface area contributed by atoms with Crippen molar-refractivity contribution in [3.63, 3.8) is 0 Å². The van der Waals surface area contributed by atoms with Crippen LogP contribution in [-0.4, -0.2) is 52.8 Å². The molecule has 2 aromatic rings. The van der Waals surface area contributed by atoms with Crippen LogP contribution >= 0.6 is 0 Å². The maximum Gasteiger partial charge on any atom is 0.255 e. The molecule has 1 fully saturated rings. The number of aryl methyl sites for hydroxylation is 3. The largest absolute Gasteiger partial charge is 0.354 e. The van der Waals surface area contributed by atoms with Crippen molar-refractivity contribution in [3.8, 4) is 0 Å². The summed E-state index contributed by atoms with van der Waals surface area (Å²) in [5.74, 6) is 0.00509. The first-order valence-corrected chi connectivity index (χ1v) is 9.20. The standard InChI is InChI=1S/C21H26N4O2/c1-14-9-15(2)20(16(3)10-14)23-19-11-18(12-22-13-19)21(27)25-7-5-24(6-8-25)17(4)26/h9-13,23H,5-8H2,1-4H3. The first kappa shape index (κ1) is 18.9. The quantitative estimate of drug-likeness (QED) is 0.907. The number of pyridine rings is 1. The zero-order valence-electron chi connectivity index (χ0n) is 16.4. The Morgan fingerprint density at radius 2 is 1.52 bits per heavy atom. The predicted molar refractivity (Wildman–Crippen MR) is 106 cm³/mol. The van der Waals surface area contributed by atoms with E-state index in [2.05, 4.69) is 43.2 Å². The lowest BCUT2D eigenvalue weighted by Crippen LogP contribution is -2.50. The Bertz CT molecular complexity index is 847. The van der Waals surface area contributed by atoms with E-state index in [-0.39, 0.29) is 11.8 Å². The van der Waals surface area contributed by atoms with Gasteiger partial charge in [0.1, 0.15) is 0 Å². The molecule has 2 amide bonds. The Morgan fingerprint density at radius 3 is 2.11 bits per heavy atom. The third kappa shape index (κ3) is 4.27. The van der Waals surface area contributed by atoms with Crippen LogP contribution in [0.1, 0.15) is 34.0 Å². The molecule has 0 saturated carbocycles. The lowest BCUT2D eigenvalue weighted by molar-refractivity contribution is -0.130. The maximum atomic E-state index is 12.8. The molecule has 0 spiro atoms. The average molecular weight is 366 g/mol. The van der Waals surface area contributed by atoms with Crippen LogP contribution in [0.2, 0.25) is 0 Å². The number of aromatic nitrogens is 1. The van der Waals surface area contributed by atoms with Gasteiger partial charge in [0.15, 0.2) is 0 Å². The van der Waals surface area contributed by atoms with E-state index in [4.69, 9.17) is 0 Å². The molecule has 1 N–H and O–H groups in total. The average Bonchev–Trinajstić information content (AvgIpc) is 2.64. The number of piperazine rings is 1. The molecule has 0 radical (unpaired) electrons. The zero-order valence-corrected chi connectivity index (χ0v) is 16.4. The minimum Gasteiger partial charge on any atom is -0.354 e. The molecular formula is C21H26N4O2. The van der Waals surface area contributed by atoms with Gasteiger partial charge in [-0.2, -0.15) is 0 Å². The molecule has 1 saturated heterocycles. The van der Waals surface area contributed by atoms with Crippen molar-refractivity contribution in [1.29, 1.82) is 0 Å². The van der Waals surface area contributed by atoms with Gasteiger partial charge >= 0.3 is 0 Å². The molecular weight excluding hydrogens is 340 g/mol. The first-order valence-electron chi connectivity index (χ1n) is 9.20. The highest BCUT2D eigenvalue weighted by atomic mass is 16.2. The summed E-state index contributed by atoms with van der Waals surface area (Å²) in [4.78, 5) is 32.0. The lowest BCUT2D eigenvalue weighted by Gasteiger charge is -2.34. The summed E-state index contributed by atoms with van der Waals surface area (Å²) in [5.41, 5.74) is 5.93. The van der Waals surface area contributed by atoms with Crippen molar-refractivity contribution in [3.05, 3.63) is 52.8 Å². The van der Waals surface area contributed by atoms with E-state index in [1.54, 1.807) is 29.1 Å². The van der Waals surface area contributed by atoms with Gasteiger partial charge < -0.3 is 15.1 Å². The number of anilines is 2. The van der Waals surface area contributed by atoms with E-state index in [9.17, 15) is 9.59 Å². The Morgan fingerprint density at radius 1 is 0.926 bits per heavy atom. The number of carbonyl (C=O) groups excluding carboxylic acids is 2. The molecule has 1 aromatic carbocycles. The van der Waals surface area contributed by atoms with E-state index in [0.29, 0.717) is 31.7 Å². The van der Waals surface area contributed by atoms with Crippen molar-refractivity contribution in [1.82, 2.24) is 14.8 Å². The molecule has 6 heteroatoms. The number of rotatable bonds is 3. The monoisotopic (exact) mass is 366 g/mol. The Labute approximate surface area is 160 Å². The number of benzene rings is 1. The second-order valence-electron chi connectivity index (χ2n) is 7.16. The van der Waals surface area contributed by atoms with Crippen molar-refractivity contribution in [2.75, 3.05) is 31.5 Å². The van der Waals surface area contributed by atoms with Crippen LogP contribution in [-0.2, 0) is 4.79 Å². The Hall–Kier alpha value is -2.89. The molecule has 6 nitrogen and oxygen atoms in total. The molecule has 1 aromatic heterocycles. The number of hydrogen-bond acceptors (Lipinski definition) is 4. The predicted octanol–water partition coefficient (Wildman–Crippen LogP) is 3.05. The number of nitrogens with zero attached hydrogens (tertiary/aromatic N) is 3. The van der Waals surface area contributed by atoms with Crippen LogP contribution in [0.4, 0.5) is 11.4 Å². The summed E-state index contributed by atoms with van der Waals surface area (Å²) >= 11 is 0. The highest BCUT2D eigenvalue weighted by molar-refractivity contribution is 5.95. The van der Waals surface area contributed by atoms with Crippen LogP contribution in [0.5, 0.6) is 0 Å². The molecule has 0 atom stereocenters. The molecule has 1 aliphatic rings. The molecule has 142 valence electrons. The summed E-state index contributed by atoms with van der Waals surface area (Å²) in [6.45, 7) is 10.0. The summed E-state index contributed by atoms with van der Waals surface area (Å²) in [5, 5.41) is 3.40. The second-order valence-corrected chi connectivity index (χ2v) is 7.16. The number of nitrogens with one attached hydrogen (secondary N) is 1. The minimum atomic E-state index is -0.0493. The zero-order chi connectivity index (χ0) is 19.6. The van der Waals surface area contributed by atoms with Crippen LogP contribution < -0.4 is 5.32 Å². The topological polar surface area (TPSA) is 65.5 Å². The summed E-state index contributed by atoms with van der Waals surface area (Å²) < 4.78 is 0. The summed E-state index contributed by atoms with van der Waals surface area (Å²) in [7, 11) is 0. The van der Waals surface area contributed by atoms with Gasteiger partial charge in [-0.25, -0.2) is 0 Å². The highest BCUT2D eigenvalue weighted by Crippen LogP contribution is 2.26. The smallest absolute Gasteiger partial charge is 0.255 e. The van der Waals surface area contributed by atoms with E-state index in [0.717, 1.165) is 22.5 Å². The fraction of sp³-hybridized carbons (Fsp3) is 0.381. The first-order chi connectivity index (χ1) is 12.8. The van der Waals surface area contributed by atoms with Gasteiger partial charge in [0.25, 0.3) is 5.91 Å². The molecule has 2 heterocycles. The summed E-state index contributed by atoms with van der Waals surface area (Å²) in [6.07, 6.45) is 3.32. The second kappa shape index (κ2) is 7.78. The molecule has 3 rings (SSSR count). The van der Waals surface area contributed by atoms with Gasteiger partial charge in [-0.15, -0.1) is 0 Å². The maximum absolute atomic E-state index is 12.8. The molecule has 1 aliphatic heterocycles. The van der Waals surface area contributed by atoms with Gasteiger partial charge in [-0.05, 0) is 38.0 Å². The lowest BCUT2D eigenvalue weighted by atomic mass is 10.0. The van der Waals surface area contributed by atoms with E-state index in [1.807, 2.05) is 6.07 Å². The van der Waals surface area contributed by atoms with Gasteiger partial charge in [0, 0.05) is 45.0 Å². The SMILES string of the molecule is CC(=O)N1CCN(C(=O)c2cncc(Nc3c(C)cc(C)cc3C)c2)CC1. The summed E-state index contributed by atoms with van der Waals surface area (Å²) in [6, 6.07) is 6.10. The van der Waals surface area contributed by atoms with Gasteiger partial charge in [-0.1, -0.05) is 17.7 Å². The van der Waals surface area contributed by atoms with Crippen molar-refractivity contribution >= 4 is 23.2 Å². The Balaban J connectivity index is 1.74. The molecule has 0 bridgehead atoms. The van der Waals surface area contributed by atoms with E-state index in [1.165, 1.54) is 5.56 Å². The van der Waals surface area contributed by atoms with Crippen molar-refractivity contribution in [2.24, 2.45) is 0 Å². The van der Waals surface area contributed by atoms with Crippen LogP contribution in [0.15, 0.2) is 30.6 Å². The highest BCUT2D eigenvalue weighted by Gasteiger charge is 2.23. The molecule has 27 heavy (non-hydrogen) atoms. The van der Waals surface area contributed by atoms with Crippen LogP contribution in [0.3, 0.4) is 0 Å². The normalized spacial score (nSPS) is 14.2.